The minimum Gasteiger partial charge on any atom is -0.465 e. The zero-order chi connectivity index (χ0) is 67.0. The highest BCUT2D eigenvalue weighted by atomic mass is 16.5. The summed E-state index contributed by atoms with van der Waals surface area (Å²) in [5.41, 5.74) is 0. The minimum absolute atomic E-state index is 0.0410. The summed E-state index contributed by atoms with van der Waals surface area (Å²) < 4.78 is 23.6. The highest BCUT2D eigenvalue weighted by Gasteiger charge is 2.24. The number of nitrogens with zero attached hydrogens (tertiary/aromatic N) is 4. The van der Waals surface area contributed by atoms with Crippen molar-refractivity contribution in [1.82, 2.24) is 19.6 Å². The van der Waals surface area contributed by atoms with Gasteiger partial charge in [-0.2, -0.15) is 0 Å². The predicted molar refractivity (Wildman–Crippen MR) is 391 cm³/mol. The van der Waals surface area contributed by atoms with Gasteiger partial charge in [0.1, 0.15) is 0 Å². The van der Waals surface area contributed by atoms with E-state index in [-0.39, 0.29) is 47.5 Å². The number of hydrogen-bond donors (Lipinski definition) is 0. The maximum Gasteiger partial charge on any atom is 0.308 e. The van der Waals surface area contributed by atoms with Crippen LogP contribution in [0.2, 0.25) is 0 Å². The SMILES string of the molecule is CCCCCCC(CCCC)C(=O)OCCCCCCN(CCCCCCOC(=O)C(CCCC)CCCCCC)CCN1CCN(CCN(CCCCCCOC(=O)C(CCCC)CCCCCC)CCCCCCOC(=O)C(CCCC)CCCCCC)CC1. The largest absolute Gasteiger partial charge is 0.465 e. The van der Waals surface area contributed by atoms with Gasteiger partial charge in [-0.15, -0.1) is 0 Å². The smallest absolute Gasteiger partial charge is 0.308 e. The average Bonchev–Trinajstić information content (AvgIpc) is 3.37. The monoisotopic (exact) mass is 1300 g/mol. The molecule has 0 saturated carbocycles. The van der Waals surface area contributed by atoms with Crippen LogP contribution in [0.15, 0.2) is 0 Å². The number of carbonyl (C=O) groups is 4. The van der Waals surface area contributed by atoms with Crippen LogP contribution in [-0.2, 0) is 38.1 Å². The van der Waals surface area contributed by atoms with Gasteiger partial charge >= 0.3 is 23.9 Å². The molecule has 0 spiro atoms. The normalized spacial score (nSPS) is 14.5. The van der Waals surface area contributed by atoms with Crippen LogP contribution >= 0.6 is 0 Å². The van der Waals surface area contributed by atoms with Crippen molar-refractivity contribution in [3.05, 3.63) is 0 Å². The maximum atomic E-state index is 13.1. The van der Waals surface area contributed by atoms with E-state index in [0.717, 1.165) is 284 Å². The highest BCUT2D eigenvalue weighted by molar-refractivity contribution is 5.73. The van der Waals surface area contributed by atoms with E-state index in [2.05, 4.69) is 75.0 Å². The molecule has 4 unspecified atom stereocenters. The zero-order valence-electron chi connectivity index (χ0n) is 62.6. The molecule has 0 aliphatic carbocycles. The lowest BCUT2D eigenvalue weighted by molar-refractivity contribution is -0.150. The van der Waals surface area contributed by atoms with Crippen molar-refractivity contribution in [2.24, 2.45) is 23.7 Å². The molecular formula is C80H156N4O8. The highest BCUT2D eigenvalue weighted by Crippen LogP contribution is 2.24. The first kappa shape index (κ1) is 87.7. The average molecular weight is 1300 g/mol. The predicted octanol–water partition coefficient (Wildman–Crippen LogP) is 20.7. The van der Waals surface area contributed by atoms with Crippen LogP contribution in [0.25, 0.3) is 0 Å². The third-order valence-corrected chi connectivity index (χ3v) is 20.0. The van der Waals surface area contributed by atoms with Crippen LogP contribution in [0.1, 0.15) is 364 Å². The van der Waals surface area contributed by atoms with Crippen LogP contribution in [0.3, 0.4) is 0 Å². The van der Waals surface area contributed by atoms with Gasteiger partial charge in [-0.3, -0.25) is 29.0 Å². The first-order chi connectivity index (χ1) is 45.1. The number of ether oxygens (including phenoxy) is 4. The number of unbranched alkanes of at least 4 members (excludes halogenated alkanes) is 28. The van der Waals surface area contributed by atoms with Crippen molar-refractivity contribution in [3.63, 3.8) is 0 Å². The second-order valence-corrected chi connectivity index (χ2v) is 28.4. The minimum atomic E-state index is 0.0410. The topological polar surface area (TPSA) is 118 Å². The van der Waals surface area contributed by atoms with Gasteiger partial charge in [-0.1, -0.05) is 261 Å². The Labute approximate surface area is 571 Å². The van der Waals surface area contributed by atoms with Gasteiger partial charge in [-0.05, 0) is 129 Å². The van der Waals surface area contributed by atoms with Crippen LogP contribution in [0.5, 0.6) is 0 Å². The zero-order valence-corrected chi connectivity index (χ0v) is 62.6. The van der Waals surface area contributed by atoms with E-state index >= 15 is 0 Å². The summed E-state index contributed by atoms with van der Waals surface area (Å²) in [7, 11) is 0. The summed E-state index contributed by atoms with van der Waals surface area (Å²) in [4.78, 5) is 63.2. The van der Waals surface area contributed by atoms with Crippen molar-refractivity contribution < 1.29 is 38.1 Å². The Morgan fingerprint density at radius 2 is 0.446 bits per heavy atom. The van der Waals surface area contributed by atoms with Gasteiger partial charge < -0.3 is 28.7 Å². The molecule has 4 atom stereocenters. The molecule has 0 aromatic carbocycles. The molecule has 1 fully saturated rings. The lowest BCUT2D eigenvalue weighted by Gasteiger charge is -2.37. The number of esters is 4. The quantitative estimate of drug-likeness (QED) is 0.0328. The lowest BCUT2D eigenvalue weighted by atomic mass is 9.95. The summed E-state index contributed by atoms with van der Waals surface area (Å²) in [5, 5.41) is 0. The van der Waals surface area contributed by atoms with Crippen molar-refractivity contribution >= 4 is 23.9 Å². The van der Waals surface area contributed by atoms with Crippen LogP contribution in [0.4, 0.5) is 0 Å². The molecular weight excluding hydrogens is 1140 g/mol. The molecule has 0 bridgehead atoms. The van der Waals surface area contributed by atoms with Gasteiger partial charge in [0, 0.05) is 52.4 Å². The fraction of sp³-hybridized carbons (Fsp3) is 0.950. The molecule has 12 heteroatoms. The van der Waals surface area contributed by atoms with Crippen molar-refractivity contribution in [3.8, 4) is 0 Å². The van der Waals surface area contributed by atoms with E-state index in [4.69, 9.17) is 18.9 Å². The summed E-state index contributed by atoms with van der Waals surface area (Å²) >= 11 is 0. The Morgan fingerprint density at radius 3 is 0.663 bits per heavy atom. The molecule has 0 aromatic rings. The second-order valence-electron chi connectivity index (χ2n) is 28.4. The molecule has 0 N–H and O–H groups in total. The van der Waals surface area contributed by atoms with Crippen LogP contribution in [0, 0.1) is 23.7 Å². The lowest BCUT2D eigenvalue weighted by Crippen LogP contribution is -2.50. The number of carbonyl (C=O) groups excluding carboxylic acids is 4. The molecule has 1 heterocycles. The summed E-state index contributed by atoms with van der Waals surface area (Å²) in [5.74, 6) is 0.440. The molecule has 12 nitrogen and oxygen atoms in total. The molecule has 0 radical (unpaired) electrons. The molecule has 1 aliphatic rings. The molecule has 544 valence electrons. The van der Waals surface area contributed by atoms with Crippen molar-refractivity contribution in [1.29, 1.82) is 0 Å². The third-order valence-electron chi connectivity index (χ3n) is 20.0. The van der Waals surface area contributed by atoms with E-state index in [0.29, 0.717) is 26.4 Å². The Morgan fingerprint density at radius 1 is 0.250 bits per heavy atom. The van der Waals surface area contributed by atoms with Crippen molar-refractivity contribution in [2.75, 3.05) is 105 Å². The van der Waals surface area contributed by atoms with Crippen LogP contribution in [-0.4, -0.2) is 148 Å². The Balaban J connectivity index is 2.83. The second kappa shape index (κ2) is 66.0. The standard InChI is InChI=1S/C80H156N4O8/c1-9-17-25-37-53-73(49-21-13-5)77(85)89-69-45-33-29-41-57-81(58-42-30-34-46-70-90-78(86)74(50-22-14-6)54-38-26-18-10-2)61-63-83-65-67-84(68-66-83)64-62-82(59-43-31-35-47-71-91-79(87)75(51-23-15-7)55-39-27-19-11-3)60-44-32-36-48-72-92-80(88)76(52-24-16-8)56-40-28-20-12-4/h73-76H,9-72H2,1-8H3. The Bertz CT molecular complexity index is 1410. The number of piperazine rings is 1. The van der Waals surface area contributed by atoms with E-state index in [1.807, 2.05) is 0 Å². The number of rotatable bonds is 70. The molecule has 1 aliphatic heterocycles. The molecule has 1 rings (SSSR count). The first-order valence-electron chi connectivity index (χ1n) is 40.7. The Kier molecular flexibility index (Phi) is 62.9. The molecule has 0 amide bonds. The van der Waals surface area contributed by atoms with E-state index < -0.39 is 0 Å². The van der Waals surface area contributed by atoms with Gasteiger partial charge in [-0.25, -0.2) is 0 Å². The fourth-order valence-electron chi connectivity index (χ4n) is 13.4. The van der Waals surface area contributed by atoms with Crippen LogP contribution < -0.4 is 0 Å². The summed E-state index contributed by atoms with van der Waals surface area (Å²) in [6, 6.07) is 0. The third kappa shape index (κ3) is 51.0. The van der Waals surface area contributed by atoms with Gasteiger partial charge in [0.15, 0.2) is 0 Å². The Hall–Kier alpha value is -2.28. The van der Waals surface area contributed by atoms with Gasteiger partial charge in [0.25, 0.3) is 0 Å². The van der Waals surface area contributed by atoms with E-state index in [9.17, 15) is 19.2 Å². The molecule has 1 saturated heterocycles. The van der Waals surface area contributed by atoms with Gasteiger partial charge in [0.05, 0.1) is 50.1 Å². The summed E-state index contributed by atoms with van der Waals surface area (Å²) in [6.45, 7) is 33.3. The van der Waals surface area contributed by atoms with E-state index in [1.54, 1.807) is 0 Å². The number of hydrogen-bond acceptors (Lipinski definition) is 12. The van der Waals surface area contributed by atoms with E-state index in [1.165, 1.54) is 103 Å². The van der Waals surface area contributed by atoms with Crippen molar-refractivity contribution in [2.45, 2.75) is 364 Å². The molecule has 0 aromatic heterocycles. The first-order valence-corrected chi connectivity index (χ1v) is 40.7. The fourth-order valence-corrected chi connectivity index (χ4v) is 13.4. The van der Waals surface area contributed by atoms with Gasteiger partial charge in [0.2, 0.25) is 0 Å². The summed E-state index contributed by atoms with van der Waals surface area (Å²) in [6.07, 6.45) is 53.4. The maximum absolute atomic E-state index is 13.1. The molecule has 92 heavy (non-hydrogen) atoms.